The molecule has 5 atom stereocenters. The van der Waals surface area contributed by atoms with Crippen LogP contribution in [0.1, 0.15) is 13.3 Å². The number of aliphatic carboxylic acids is 1. The number of anilines is 1. The van der Waals surface area contributed by atoms with Crippen LogP contribution in [0.4, 0.5) is 5.69 Å². The largest absolute Gasteiger partial charge is 0.550 e. The standard InChI is InChI=1S/C20H21NO5/c1-11(2)10-15-20-9-8-14(26-20)16(19(23)24)17(20)18(22)21(15)12-4-6-13(25-3)7-5-12/h4-9,14-17H,1,10H2,2-3H3,(H,23,24)/p-1/t14-,15-,16-,17-,20+/m0/s1. The average molecular weight is 354 g/mol. The molecule has 2 saturated heterocycles. The first-order valence-corrected chi connectivity index (χ1v) is 8.58. The molecule has 0 aromatic heterocycles. The van der Waals surface area contributed by atoms with Gasteiger partial charge in [-0.2, -0.15) is 0 Å². The minimum absolute atomic E-state index is 0.248. The first-order chi connectivity index (χ1) is 12.4. The number of carbonyl (C=O) groups is 2. The van der Waals surface area contributed by atoms with Crippen LogP contribution in [0, 0.1) is 11.8 Å². The Morgan fingerprint density at radius 1 is 1.38 bits per heavy atom. The molecule has 6 heteroatoms. The van der Waals surface area contributed by atoms with E-state index in [1.165, 1.54) is 0 Å². The molecule has 3 aliphatic heterocycles. The fraction of sp³-hybridized carbons (Fsp3) is 0.400. The molecule has 0 aliphatic carbocycles. The summed E-state index contributed by atoms with van der Waals surface area (Å²) in [4.78, 5) is 26.6. The summed E-state index contributed by atoms with van der Waals surface area (Å²) < 4.78 is 11.3. The number of fused-ring (bicyclic) bond motifs is 1. The quantitative estimate of drug-likeness (QED) is 0.739. The second kappa shape index (κ2) is 5.71. The molecule has 3 heterocycles. The summed E-state index contributed by atoms with van der Waals surface area (Å²) in [5, 5.41) is 11.7. The number of hydrogen-bond donors (Lipinski definition) is 0. The maximum atomic E-state index is 13.3. The lowest BCUT2D eigenvalue weighted by Crippen LogP contribution is -2.46. The van der Waals surface area contributed by atoms with E-state index in [-0.39, 0.29) is 11.9 Å². The van der Waals surface area contributed by atoms with E-state index < -0.39 is 29.5 Å². The minimum atomic E-state index is -1.25. The van der Waals surface area contributed by atoms with Crippen LogP contribution in [0.15, 0.2) is 48.6 Å². The van der Waals surface area contributed by atoms with Crippen molar-refractivity contribution in [3.63, 3.8) is 0 Å². The molecule has 1 aromatic carbocycles. The molecule has 1 spiro atoms. The number of methoxy groups -OCH3 is 1. The second-order valence-electron chi connectivity index (χ2n) is 7.20. The van der Waals surface area contributed by atoms with E-state index in [1.54, 1.807) is 42.4 Å². The molecule has 136 valence electrons. The Labute approximate surface area is 151 Å². The molecule has 6 nitrogen and oxygen atoms in total. The van der Waals surface area contributed by atoms with Gasteiger partial charge in [0.25, 0.3) is 0 Å². The third-order valence-electron chi connectivity index (χ3n) is 5.59. The van der Waals surface area contributed by atoms with Gasteiger partial charge in [-0.1, -0.05) is 17.7 Å². The Balaban J connectivity index is 1.81. The van der Waals surface area contributed by atoms with Gasteiger partial charge in [-0.15, -0.1) is 6.58 Å². The smallest absolute Gasteiger partial charge is 0.234 e. The lowest BCUT2D eigenvalue weighted by Gasteiger charge is -2.33. The van der Waals surface area contributed by atoms with Gasteiger partial charge in [0.15, 0.2) is 0 Å². The van der Waals surface area contributed by atoms with Gasteiger partial charge in [-0.25, -0.2) is 0 Å². The molecule has 0 unspecified atom stereocenters. The molecule has 4 rings (SSSR count). The third-order valence-corrected chi connectivity index (χ3v) is 5.59. The fourth-order valence-corrected chi connectivity index (χ4v) is 4.55. The van der Waals surface area contributed by atoms with Gasteiger partial charge >= 0.3 is 0 Å². The van der Waals surface area contributed by atoms with Crippen LogP contribution in [-0.2, 0) is 14.3 Å². The molecule has 1 aromatic rings. The highest BCUT2D eigenvalue weighted by atomic mass is 16.5. The summed E-state index contributed by atoms with van der Waals surface area (Å²) in [6.45, 7) is 5.87. The topological polar surface area (TPSA) is 78.9 Å². The lowest BCUT2D eigenvalue weighted by atomic mass is 9.74. The van der Waals surface area contributed by atoms with E-state index in [0.717, 1.165) is 5.57 Å². The highest BCUT2D eigenvalue weighted by Crippen LogP contribution is 2.56. The van der Waals surface area contributed by atoms with E-state index >= 15 is 0 Å². The number of benzene rings is 1. The van der Waals surface area contributed by atoms with Crippen LogP contribution in [-0.4, -0.2) is 36.7 Å². The van der Waals surface area contributed by atoms with Crippen molar-refractivity contribution in [2.75, 3.05) is 12.0 Å². The van der Waals surface area contributed by atoms with E-state index in [0.29, 0.717) is 17.9 Å². The Morgan fingerprint density at radius 2 is 2.08 bits per heavy atom. The molecule has 0 saturated carbocycles. The molecule has 3 aliphatic rings. The summed E-state index contributed by atoms with van der Waals surface area (Å²) in [5.74, 6) is -2.56. The lowest BCUT2D eigenvalue weighted by molar-refractivity contribution is -0.313. The molecule has 2 fully saturated rings. The van der Waals surface area contributed by atoms with E-state index in [9.17, 15) is 14.7 Å². The van der Waals surface area contributed by atoms with Crippen molar-refractivity contribution in [3.8, 4) is 5.75 Å². The third kappa shape index (κ3) is 2.15. The Morgan fingerprint density at radius 3 is 2.65 bits per heavy atom. The van der Waals surface area contributed by atoms with Crippen molar-refractivity contribution in [1.82, 2.24) is 0 Å². The van der Waals surface area contributed by atoms with Crippen molar-refractivity contribution in [3.05, 3.63) is 48.6 Å². The van der Waals surface area contributed by atoms with E-state index in [1.807, 2.05) is 13.0 Å². The first kappa shape index (κ1) is 16.8. The fourth-order valence-electron chi connectivity index (χ4n) is 4.55. The average Bonchev–Trinajstić information content (AvgIpc) is 3.24. The number of rotatable bonds is 5. The van der Waals surface area contributed by atoms with E-state index in [4.69, 9.17) is 9.47 Å². The van der Waals surface area contributed by atoms with Crippen molar-refractivity contribution in [2.45, 2.75) is 31.1 Å². The summed E-state index contributed by atoms with van der Waals surface area (Å²) >= 11 is 0. The van der Waals surface area contributed by atoms with Crippen molar-refractivity contribution in [2.24, 2.45) is 11.8 Å². The Kier molecular flexibility index (Phi) is 3.70. The van der Waals surface area contributed by atoms with Gasteiger partial charge in [0.1, 0.15) is 11.4 Å². The van der Waals surface area contributed by atoms with Crippen molar-refractivity contribution >= 4 is 17.6 Å². The molecular weight excluding hydrogens is 334 g/mol. The number of amides is 1. The maximum absolute atomic E-state index is 13.3. The number of hydrogen-bond acceptors (Lipinski definition) is 5. The van der Waals surface area contributed by atoms with Gasteiger partial charge < -0.3 is 24.3 Å². The summed E-state index contributed by atoms with van der Waals surface area (Å²) in [6, 6.07) is 6.79. The SMILES string of the molecule is C=C(C)C[C@@H]1N(c2ccc(OC)cc2)C(=O)[C@@H]2[C@@H](C(=O)[O-])[C@@H]3C=C[C@]21O3. The highest BCUT2D eigenvalue weighted by Gasteiger charge is 2.69. The molecule has 2 bridgehead atoms. The Bertz CT molecular complexity index is 814. The molecular formula is C20H20NO5-. The molecule has 26 heavy (non-hydrogen) atoms. The number of nitrogens with zero attached hydrogens (tertiary/aromatic N) is 1. The summed E-state index contributed by atoms with van der Waals surface area (Å²) in [7, 11) is 1.57. The van der Waals surface area contributed by atoms with Gasteiger partial charge in [0, 0.05) is 17.6 Å². The zero-order chi connectivity index (χ0) is 18.6. The number of ether oxygens (including phenoxy) is 2. The number of carbonyl (C=O) groups excluding carboxylic acids is 2. The molecule has 1 amide bonds. The maximum Gasteiger partial charge on any atom is 0.234 e. The highest BCUT2D eigenvalue weighted by molar-refractivity contribution is 6.03. The normalized spacial score (nSPS) is 34.2. The van der Waals surface area contributed by atoms with Crippen LogP contribution in [0.2, 0.25) is 0 Å². The summed E-state index contributed by atoms with van der Waals surface area (Å²) in [5.41, 5.74) is 0.628. The monoisotopic (exact) mass is 354 g/mol. The molecule has 0 radical (unpaired) electrons. The zero-order valence-electron chi connectivity index (χ0n) is 14.7. The van der Waals surface area contributed by atoms with Crippen LogP contribution in [0.25, 0.3) is 0 Å². The van der Waals surface area contributed by atoms with Crippen molar-refractivity contribution in [1.29, 1.82) is 0 Å². The van der Waals surface area contributed by atoms with Crippen LogP contribution >= 0.6 is 0 Å². The van der Waals surface area contributed by atoms with Gasteiger partial charge in [0.2, 0.25) is 5.91 Å². The predicted octanol–water partition coefficient (Wildman–Crippen LogP) is 1.07. The van der Waals surface area contributed by atoms with E-state index in [2.05, 4.69) is 6.58 Å². The second-order valence-corrected chi connectivity index (χ2v) is 7.20. The Hall–Kier alpha value is -2.60. The van der Waals surface area contributed by atoms with Crippen LogP contribution < -0.4 is 14.7 Å². The molecule has 0 N–H and O–H groups in total. The van der Waals surface area contributed by atoms with Crippen LogP contribution in [0.5, 0.6) is 5.75 Å². The number of carboxylic acids is 1. The predicted molar refractivity (Wildman–Crippen MR) is 92.4 cm³/mol. The van der Waals surface area contributed by atoms with Gasteiger partial charge in [-0.3, -0.25) is 4.79 Å². The number of carboxylic acid groups (broad SMARTS) is 1. The summed E-state index contributed by atoms with van der Waals surface area (Å²) in [6.07, 6.45) is 3.51. The van der Waals surface area contributed by atoms with Gasteiger partial charge in [0.05, 0.1) is 25.2 Å². The van der Waals surface area contributed by atoms with Crippen molar-refractivity contribution < 1.29 is 24.2 Å². The van der Waals surface area contributed by atoms with Crippen LogP contribution in [0.3, 0.4) is 0 Å². The minimum Gasteiger partial charge on any atom is -0.550 e. The van der Waals surface area contributed by atoms with Gasteiger partial charge in [-0.05, 0) is 37.6 Å². The first-order valence-electron chi connectivity index (χ1n) is 8.58. The zero-order valence-corrected chi connectivity index (χ0v) is 14.7.